The maximum Gasteiger partial charge on any atom is 0.253 e. The van der Waals surface area contributed by atoms with E-state index in [0.29, 0.717) is 19.0 Å². The SMILES string of the molecule is CSc1ccc(C(=NOc2ccc(S(=O)(=O)NS(C)(=O)=O)cc2)C(C)(C)N2CCOCC2)cc1. The average Bonchev–Trinajstić information content (AvgIpc) is 2.79. The van der Waals surface area contributed by atoms with Crippen LogP contribution in [0.1, 0.15) is 19.4 Å². The van der Waals surface area contributed by atoms with Crippen LogP contribution < -0.4 is 8.96 Å². The van der Waals surface area contributed by atoms with Crippen molar-refractivity contribution in [2.75, 3.05) is 38.8 Å². The van der Waals surface area contributed by atoms with E-state index in [-0.39, 0.29) is 4.90 Å². The largest absolute Gasteiger partial charge is 0.379 e. The molecule has 3 rings (SSSR count). The van der Waals surface area contributed by atoms with E-state index < -0.39 is 25.6 Å². The molecule has 0 unspecified atom stereocenters. The van der Waals surface area contributed by atoms with Gasteiger partial charge in [-0.1, -0.05) is 17.3 Å². The lowest BCUT2D eigenvalue weighted by Gasteiger charge is -2.41. The lowest BCUT2D eigenvalue weighted by atomic mass is 9.90. The summed E-state index contributed by atoms with van der Waals surface area (Å²) in [5.41, 5.74) is 1.16. The second-order valence-corrected chi connectivity index (χ2v) is 12.8. The normalized spacial score (nSPS) is 16.4. The van der Waals surface area contributed by atoms with Crippen molar-refractivity contribution >= 4 is 37.5 Å². The van der Waals surface area contributed by atoms with Gasteiger partial charge in [-0.3, -0.25) is 4.90 Å². The summed E-state index contributed by atoms with van der Waals surface area (Å²) in [6.07, 6.45) is 2.79. The molecule has 186 valence electrons. The number of hydrogen-bond acceptors (Lipinski definition) is 9. The minimum absolute atomic E-state index is 0.198. The van der Waals surface area contributed by atoms with Gasteiger partial charge in [0.1, 0.15) is 5.71 Å². The fraction of sp³-hybridized carbons (Fsp3) is 0.409. The Balaban J connectivity index is 1.90. The molecule has 34 heavy (non-hydrogen) atoms. The third-order valence-electron chi connectivity index (χ3n) is 5.38. The number of nitrogens with one attached hydrogen (secondary N) is 1. The van der Waals surface area contributed by atoms with Gasteiger partial charge in [-0.25, -0.2) is 16.8 Å². The number of benzene rings is 2. The van der Waals surface area contributed by atoms with E-state index in [4.69, 9.17) is 9.57 Å². The first-order chi connectivity index (χ1) is 15.9. The van der Waals surface area contributed by atoms with Gasteiger partial charge < -0.3 is 9.57 Å². The molecule has 1 N–H and O–H groups in total. The van der Waals surface area contributed by atoms with E-state index in [1.807, 2.05) is 30.5 Å². The second-order valence-electron chi connectivity index (χ2n) is 8.25. The zero-order valence-electron chi connectivity index (χ0n) is 19.5. The molecule has 0 radical (unpaired) electrons. The third-order valence-corrected chi connectivity index (χ3v) is 9.11. The van der Waals surface area contributed by atoms with Crippen molar-refractivity contribution in [3.8, 4) is 5.75 Å². The first-order valence-corrected chi connectivity index (χ1v) is 15.1. The summed E-state index contributed by atoms with van der Waals surface area (Å²) in [6, 6.07) is 13.4. The molecule has 0 aromatic heterocycles. The molecular formula is C22H29N3O6S3. The van der Waals surface area contributed by atoms with E-state index in [0.717, 1.165) is 35.5 Å². The van der Waals surface area contributed by atoms with Crippen LogP contribution in [0.2, 0.25) is 0 Å². The Labute approximate surface area is 205 Å². The van der Waals surface area contributed by atoms with E-state index in [9.17, 15) is 16.8 Å². The van der Waals surface area contributed by atoms with Gasteiger partial charge in [0.05, 0.1) is 29.9 Å². The van der Waals surface area contributed by atoms with Crippen molar-refractivity contribution in [2.45, 2.75) is 29.2 Å². The molecular weight excluding hydrogens is 498 g/mol. The van der Waals surface area contributed by atoms with Crippen LogP contribution in [0.15, 0.2) is 63.5 Å². The predicted octanol–water partition coefficient (Wildman–Crippen LogP) is 2.54. The molecule has 0 amide bonds. The van der Waals surface area contributed by atoms with Crippen LogP contribution in [0.4, 0.5) is 0 Å². The van der Waals surface area contributed by atoms with Gasteiger partial charge >= 0.3 is 0 Å². The minimum Gasteiger partial charge on any atom is -0.379 e. The van der Waals surface area contributed by atoms with Crippen LogP contribution >= 0.6 is 11.8 Å². The molecule has 9 nitrogen and oxygen atoms in total. The molecule has 1 aliphatic rings. The minimum atomic E-state index is -4.20. The Kier molecular flexibility index (Phi) is 8.43. The van der Waals surface area contributed by atoms with Gasteiger partial charge in [-0.2, -0.15) is 0 Å². The summed E-state index contributed by atoms with van der Waals surface area (Å²) < 4.78 is 54.2. The highest BCUT2D eigenvalue weighted by atomic mass is 32.3. The molecule has 2 aromatic carbocycles. The Hall–Kier alpha value is -1.96. The zero-order valence-corrected chi connectivity index (χ0v) is 22.0. The maximum atomic E-state index is 12.2. The average molecular weight is 528 g/mol. The Bertz CT molecular complexity index is 1220. The molecule has 0 bridgehead atoms. The summed E-state index contributed by atoms with van der Waals surface area (Å²) >= 11 is 1.65. The number of nitrogens with zero attached hydrogens (tertiary/aromatic N) is 2. The number of morpholine rings is 1. The number of sulfonamides is 2. The third kappa shape index (κ3) is 6.80. The van der Waals surface area contributed by atoms with Crippen molar-refractivity contribution in [3.63, 3.8) is 0 Å². The van der Waals surface area contributed by atoms with Gasteiger partial charge in [-0.05, 0) is 56.5 Å². The predicted molar refractivity (Wildman–Crippen MR) is 133 cm³/mol. The number of rotatable bonds is 9. The highest BCUT2D eigenvalue weighted by Gasteiger charge is 2.35. The van der Waals surface area contributed by atoms with Crippen LogP contribution in [-0.4, -0.2) is 71.8 Å². The molecule has 1 heterocycles. The lowest BCUT2D eigenvalue weighted by Crippen LogP contribution is -2.54. The Morgan fingerprint density at radius 3 is 2.15 bits per heavy atom. The standard InChI is InChI=1S/C22H29N3O6S3/c1-22(2,25-13-15-30-16-14-25)21(17-5-9-19(32-3)10-6-17)23-31-18-7-11-20(12-8-18)34(28,29)24-33(4,26)27/h5-12,24H,13-16H2,1-4H3. The van der Waals surface area contributed by atoms with E-state index >= 15 is 0 Å². The number of hydrogen-bond donors (Lipinski definition) is 1. The Morgan fingerprint density at radius 2 is 1.62 bits per heavy atom. The van der Waals surface area contributed by atoms with E-state index in [1.54, 1.807) is 15.9 Å². The van der Waals surface area contributed by atoms with E-state index in [2.05, 4.69) is 23.9 Å². The summed E-state index contributed by atoms with van der Waals surface area (Å²) in [6.45, 7) is 6.95. The monoisotopic (exact) mass is 527 g/mol. The van der Waals surface area contributed by atoms with Crippen molar-refractivity contribution in [1.29, 1.82) is 0 Å². The van der Waals surface area contributed by atoms with Gasteiger partial charge in [0, 0.05) is 23.5 Å². The van der Waals surface area contributed by atoms with Gasteiger partial charge in [0.2, 0.25) is 10.0 Å². The van der Waals surface area contributed by atoms with Crippen LogP contribution in [0.5, 0.6) is 5.75 Å². The zero-order chi connectivity index (χ0) is 25.0. The molecule has 0 aliphatic carbocycles. The second kappa shape index (κ2) is 10.8. The number of ether oxygens (including phenoxy) is 1. The van der Waals surface area contributed by atoms with E-state index in [1.165, 1.54) is 24.3 Å². The van der Waals surface area contributed by atoms with Crippen molar-refractivity contribution < 1.29 is 26.4 Å². The number of thioether (sulfide) groups is 1. The maximum absolute atomic E-state index is 12.2. The summed E-state index contributed by atoms with van der Waals surface area (Å²) in [7, 11) is -8.13. The fourth-order valence-electron chi connectivity index (χ4n) is 3.56. The van der Waals surface area contributed by atoms with Crippen LogP contribution in [0, 0.1) is 0 Å². The molecule has 1 fully saturated rings. The van der Waals surface area contributed by atoms with Crippen molar-refractivity contribution in [3.05, 3.63) is 54.1 Å². The Morgan fingerprint density at radius 1 is 1.03 bits per heavy atom. The highest BCUT2D eigenvalue weighted by Crippen LogP contribution is 2.26. The molecule has 0 saturated carbocycles. The lowest BCUT2D eigenvalue weighted by molar-refractivity contribution is 0.00963. The first kappa shape index (κ1) is 26.6. The summed E-state index contributed by atoms with van der Waals surface area (Å²) in [4.78, 5) is 8.94. The van der Waals surface area contributed by atoms with Crippen molar-refractivity contribution in [1.82, 2.24) is 9.03 Å². The fourth-order valence-corrected chi connectivity index (χ4v) is 6.45. The van der Waals surface area contributed by atoms with Crippen LogP contribution in [0.25, 0.3) is 0 Å². The molecule has 0 atom stereocenters. The molecule has 0 spiro atoms. The molecule has 1 saturated heterocycles. The van der Waals surface area contributed by atoms with Gasteiger partial charge in [0.25, 0.3) is 10.0 Å². The summed E-state index contributed by atoms with van der Waals surface area (Å²) in [5.74, 6) is 0.314. The first-order valence-electron chi connectivity index (χ1n) is 10.5. The van der Waals surface area contributed by atoms with Crippen LogP contribution in [0.3, 0.4) is 0 Å². The smallest absolute Gasteiger partial charge is 0.253 e. The van der Waals surface area contributed by atoms with Crippen molar-refractivity contribution in [2.24, 2.45) is 5.16 Å². The number of oxime groups is 1. The molecule has 1 aliphatic heterocycles. The molecule has 12 heteroatoms. The van der Waals surface area contributed by atoms with Gasteiger partial charge in [-0.15, -0.1) is 15.9 Å². The summed E-state index contributed by atoms with van der Waals surface area (Å²) in [5, 5.41) is 4.48. The van der Waals surface area contributed by atoms with Crippen LogP contribution in [-0.2, 0) is 24.8 Å². The van der Waals surface area contributed by atoms with Gasteiger partial charge in [0.15, 0.2) is 5.75 Å². The topological polar surface area (TPSA) is 114 Å². The highest BCUT2D eigenvalue weighted by molar-refractivity contribution is 8.04. The quantitative estimate of drug-likeness (QED) is 0.301. The molecule has 2 aromatic rings.